The summed E-state index contributed by atoms with van der Waals surface area (Å²) in [7, 11) is 0. The quantitative estimate of drug-likeness (QED) is 0.646. The summed E-state index contributed by atoms with van der Waals surface area (Å²) in [5.41, 5.74) is 1.17. The van der Waals surface area contributed by atoms with Crippen molar-refractivity contribution in [2.24, 2.45) is 0 Å². The van der Waals surface area contributed by atoms with Crippen LogP contribution in [0.2, 0.25) is 0 Å². The predicted octanol–water partition coefficient (Wildman–Crippen LogP) is 1.77. The minimum absolute atomic E-state index is 0.0218. The van der Waals surface area contributed by atoms with Gasteiger partial charge >= 0.3 is 11.9 Å². The summed E-state index contributed by atoms with van der Waals surface area (Å²) in [6.07, 6.45) is 2.32. The van der Waals surface area contributed by atoms with E-state index in [9.17, 15) is 14.7 Å². The van der Waals surface area contributed by atoms with Crippen molar-refractivity contribution in [1.82, 2.24) is 5.27 Å². The number of hydrogen-bond acceptors (Lipinski definition) is 5. The molecule has 2 amide bonds. The molecule has 0 fully saturated rings. The Labute approximate surface area is 155 Å². The molecule has 1 aromatic heterocycles. The minimum atomic E-state index is -1.38. The molecule has 1 atom stereocenters. The van der Waals surface area contributed by atoms with E-state index < -0.39 is 12.0 Å². The zero-order chi connectivity index (χ0) is 19.2. The molecule has 0 aliphatic heterocycles. The van der Waals surface area contributed by atoms with Crippen LogP contribution in [0.5, 0.6) is 0 Å². The fourth-order valence-corrected chi connectivity index (χ4v) is 2.61. The third-order valence-electron chi connectivity index (χ3n) is 3.94. The molecule has 0 spiro atoms. The summed E-state index contributed by atoms with van der Waals surface area (Å²) in [5.74, 6) is -1.24. The molecule has 138 valence electrons. The number of nitrogens with zero attached hydrogens (tertiary/aromatic N) is 2. The second-order valence-electron chi connectivity index (χ2n) is 6.00. The van der Waals surface area contributed by atoms with E-state index in [1.165, 1.54) is 12.1 Å². The van der Waals surface area contributed by atoms with E-state index in [0.29, 0.717) is 0 Å². The Morgan fingerprint density at radius 1 is 1.11 bits per heavy atom. The molecule has 1 heterocycles. The molecule has 0 aliphatic carbocycles. The fraction of sp³-hybridized carbons (Fsp3) is 0.158. The number of rotatable bonds is 6. The zero-order valence-corrected chi connectivity index (χ0v) is 14.6. The summed E-state index contributed by atoms with van der Waals surface area (Å²) in [6.45, 7) is 1.98. The summed E-state index contributed by atoms with van der Waals surface area (Å²) in [5, 5.41) is 19.9. The van der Waals surface area contributed by atoms with E-state index >= 15 is 0 Å². The lowest BCUT2D eigenvalue weighted by Crippen LogP contribution is -2.40. The standard InChI is InChI=1S/C19H18N4O4/c1-13(11-14-7-3-2-4-8-14)23-12-17(27-22-23)21-19(26)20-16-10-6-5-9-15(16)18(24)25/h2-10,12-13H,11H2,1H3,(H2-,20,21,22,24,25,26). The van der Waals surface area contributed by atoms with Crippen molar-refractivity contribution < 1.29 is 23.9 Å². The van der Waals surface area contributed by atoms with Crippen LogP contribution in [0, 0.1) is 0 Å². The summed E-state index contributed by atoms with van der Waals surface area (Å²) >= 11 is 0. The normalized spacial score (nSPS) is 11.6. The second-order valence-corrected chi connectivity index (χ2v) is 6.00. The monoisotopic (exact) mass is 366 g/mol. The molecule has 0 aliphatic rings. The molecular weight excluding hydrogens is 348 g/mol. The Morgan fingerprint density at radius 3 is 2.56 bits per heavy atom. The summed E-state index contributed by atoms with van der Waals surface area (Å²) < 4.78 is 6.73. The smallest absolute Gasteiger partial charge is 0.326 e. The molecule has 8 nitrogen and oxygen atoms in total. The first-order valence-corrected chi connectivity index (χ1v) is 8.33. The van der Waals surface area contributed by atoms with Gasteiger partial charge in [-0.1, -0.05) is 48.5 Å². The molecule has 1 unspecified atom stereocenters. The second kappa shape index (κ2) is 8.13. The maximum Gasteiger partial charge on any atom is 0.326 e. The van der Waals surface area contributed by atoms with Crippen molar-refractivity contribution in [3.05, 3.63) is 71.9 Å². The van der Waals surface area contributed by atoms with Crippen molar-refractivity contribution in [2.75, 3.05) is 10.6 Å². The summed E-state index contributed by atoms with van der Waals surface area (Å²) in [4.78, 5) is 23.2. The molecule has 8 heteroatoms. The molecule has 3 aromatic rings. The van der Waals surface area contributed by atoms with Crippen molar-refractivity contribution >= 4 is 23.6 Å². The number of urea groups is 1. The van der Waals surface area contributed by atoms with Gasteiger partial charge < -0.3 is 15.2 Å². The molecule has 2 aromatic carbocycles. The number of carboxylic acid groups (broad SMARTS) is 1. The van der Waals surface area contributed by atoms with Crippen LogP contribution in [0.15, 0.2) is 65.3 Å². The van der Waals surface area contributed by atoms with Crippen molar-refractivity contribution in [2.45, 2.75) is 19.4 Å². The molecule has 0 saturated carbocycles. The zero-order valence-electron chi connectivity index (χ0n) is 14.6. The number of carbonyl (C=O) groups is 2. The molecule has 3 rings (SSSR count). The van der Waals surface area contributed by atoms with Gasteiger partial charge in [0.05, 0.1) is 11.7 Å². The maximum atomic E-state index is 12.1. The van der Waals surface area contributed by atoms with Gasteiger partial charge in [-0.05, 0) is 16.3 Å². The highest BCUT2D eigenvalue weighted by Gasteiger charge is 2.21. The molecule has 0 bridgehead atoms. The third kappa shape index (κ3) is 4.69. The largest absolute Gasteiger partial charge is 0.545 e. The number of carboxylic acids is 1. The van der Waals surface area contributed by atoms with Gasteiger partial charge in [0.15, 0.2) is 6.04 Å². The van der Waals surface area contributed by atoms with Gasteiger partial charge in [-0.25, -0.2) is 4.79 Å². The van der Waals surface area contributed by atoms with E-state index in [4.69, 9.17) is 4.52 Å². The van der Waals surface area contributed by atoms with Crippen LogP contribution in [0.1, 0.15) is 28.9 Å². The fourth-order valence-electron chi connectivity index (χ4n) is 2.61. The van der Waals surface area contributed by atoms with Gasteiger partial charge in [-0.2, -0.15) is 0 Å². The first-order chi connectivity index (χ1) is 13.0. The molecule has 0 saturated heterocycles. The van der Waals surface area contributed by atoms with E-state index in [1.807, 2.05) is 37.3 Å². The molecule has 2 N–H and O–H groups in total. The van der Waals surface area contributed by atoms with Gasteiger partial charge in [0.1, 0.15) is 0 Å². The van der Waals surface area contributed by atoms with Gasteiger partial charge in [0.2, 0.25) is 5.27 Å². The van der Waals surface area contributed by atoms with Crippen LogP contribution in [0.4, 0.5) is 16.4 Å². The van der Waals surface area contributed by atoms with Crippen LogP contribution in [0.3, 0.4) is 0 Å². The molecule has 27 heavy (non-hydrogen) atoms. The Kier molecular flexibility index (Phi) is 5.46. The SMILES string of the molecule is CC(Cc1ccccc1)[n+]1cc(NC(=O)Nc2ccccc2C(=O)[O-])on1. The van der Waals surface area contributed by atoms with Crippen LogP contribution in [0.25, 0.3) is 0 Å². The van der Waals surface area contributed by atoms with Crippen molar-refractivity contribution in [1.29, 1.82) is 0 Å². The van der Waals surface area contributed by atoms with Gasteiger partial charge in [-0.15, -0.1) is 0 Å². The number of nitrogens with one attached hydrogen (secondary N) is 2. The number of para-hydroxylation sites is 1. The van der Waals surface area contributed by atoms with E-state index in [0.717, 1.165) is 12.0 Å². The van der Waals surface area contributed by atoms with Crippen LogP contribution in [-0.2, 0) is 6.42 Å². The average Bonchev–Trinajstić information content (AvgIpc) is 3.11. The van der Waals surface area contributed by atoms with Gasteiger partial charge in [0.25, 0.3) is 6.20 Å². The minimum Gasteiger partial charge on any atom is -0.545 e. The highest BCUT2D eigenvalue weighted by Crippen LogP contribution is 2.15. The number of benzene rings is 2. The Morgan fingerprint density at radius 2 is 1.81 bits per heavy atom. The Bertz CT molecular complexity index is 940. The lowest BCUT2D eigenvalue weighted by molar-refractivity contribution is -0.782. The first kappa shape index (κ1) is 18.1. The van der Waals surface area contributed by atoms with E-state index in [-0.39, 0.29) is 23.2 Å². The number of aromatic carboxylic acids is 1. The highest BCUT2D eigenvalue weighted by atomic mass is 16.5. The van der Waals surface area contributed by atoms with Crippen LogP contribution >= 0.6 is 0 Å². The van der Waals surface area contributed by atoms with Crippen molar-refractivity contribution in [3.63, 3.8) is 0 Å². The highest BCUT2D eigenvalue weighted by molar-refractivity contribution is 6.03. The lowest BCUT2D eigenvalue weighted by Gasteiger charge is -2.10. The summed E-state index contributed by atoms with van der Waals surface area (Å²) in [6, 6.07) is 15.3. The lowest BCUT2D eigenvalue weighted by atomic mass is 10.1. The average molecular weight is 366 g/mol. The topological polar surface area (TPSA) is 111 Å². The van der Waals surface area contributed by atoms with E-state index in [2.05, 4.69) is 15.9 Å². The number of carbonyl (C=O) groups excluding carboxylic acids is 2. The molecule has 0 radical (unpaired) electrons. The predicted molar refractivity (Wildman–Crippen MR) is 95.0 cm³/mol. The van der Waals surface area contributed by atoms with Crippen LogP contribution in [-0.4, -0.2) is 17.3 Å². The van der Waals surface area contributed by atoms with Crippen molar-refractivity contribution in [3.8, 4) is 0 Å². The van der Waals surface area contributed by atoms with Crippen LogP contribution < -0.4 is 20.4 Å². The number of hydrogen-bond donors (Lipinski definition) is 2. The van der Waals surface area contributed by atoms with E-state index in [1.54, 1.807) is 23.0 Å². The third-order valence-corrected chi connectivity index (χ3v) is 3.94. The first-order valence-electron chi connectivity index (χ1n) is 8.33. The Balaban J connectivity index is 1.62. The number of anilines is 2. The number of amides is 2. The Hall–Kier alpha value is -3.68. The van der Waals surface area contributed by atoms with Gasteiger partial charge in [-0.3, -0.25) is 9.84 Å². The van der Waals surface area contributed by atoms with Gasteiger partial charge in [0, 0.05) is 18.9 Å². The number of aromatic nitrogens is 2. The molecular formula is C19H18N4O4. The maximum absolute atomic E-state index is 12.1.